The number of hydrogen-bond acceptors (Lipinski definition) is 2. The number of amides is 1. The van der Waals surface area contributed by atoms with Crippen molar-refractivity contribution in [3.8, 4) is 0 Å². The van der Waals surface area contributed by atoms with Gasteiger partial charge in [-0.15, -0.1) is 0 Å². The van der Waals surface area contributed by atoms with Gasteiger partial charge < -0.3 is 10.6 Å². The van der Waals surface area contributed by atoms with E-state index in [1.54, 1.807) is 0 Å². The van der Waals surface area contributed by atoms with Crippen molar-refractivity contribution in [2.24, 2.45) is 17.3 Å². The Morgan fingerprint density at radius 3 is 2.65 bits per heavy atom. The SMILES string of the molecule is CC1NCCCC1C(=O)NCC(C)C(C)(C)C. The van der Waals surface area contributed by atoms with E-state index in [-0.39, 0.29) is 17.2 Å². The molecule has 1 heterocycles. The standard InChI is InChI=1S/C14H28N2O/c1-10(14(3,4)5)9-16-13(17)12-7-6-8-15-11(12)2/h10-12,15H,6-9H2,1-5H3,(H,16,17). The lowest BCUT2D eigenvalue weighted by atomic mass is 9.82. The third-order valence-corrected chi connectivity index (χ3v) is 4.16. The summed E-state index contributed by atoms with van der Waals surface area (Å²) in [6, 6.07) is 0.314. The van der Waals surface area contributed by atoms with Gasteiger partial charge in [0.25, 0.3) is 0 Å². The van der Waals surface area contributed by atoms with Crippen LogP contribution in [0.5, 0.6) is 0 Å². The van der Waals surface area contributed by atoms with Gasteiger partial charge in [0, 0.05) is 12.6 Å². The Bertz CT molecular complexity index is 257. The molecule has 3 unspecified atom stereocenters. The van der Waals surface area contributed by atoms with Gasteiger partial charge in [-0.05, 0) is 37.6 Å². The highest BCUT2D eigenvalue weighted by Gasteiger charge is 2.28. The van der Waals surface area contributed by atoms with Gasteiger partial charge in [-0.1, -0.05) is 27.7 Å². The average molecular weight is 240 g/mol. The molecule has 1 amide bonds. The van der Waals surface area contributed by atoms with E-state index in [2.05, 4.69) is 45.3 Å². The third kappa shape index (κ3) is 4.30. The van der Waals surface area contributed by atoms with Gasteiger partial charge >= 0.3 is 0 Å². The first-order valence-corrected chi connectivity index (χ1v) is 6.83. The van der Waals surface area contributed by atoms with E-state index in [4.69, 9.17) is 0 Å². The molecule has 0 radical (unpaired) electrons. The van der Waals surface area contributed by atoms with E-state index in [1.165, 1.54) is 0 Å². The molecule has 0 saturated carbocycles. The normalized spacial score (nSPS) is 27.6. The lowest BCUT2D eigenvalue weighted by Crippen LogP contribution is -2.47. The first-order valence-electron chi connectivity index (χ1n) is 6.83. The molecule has 2 N–H and O–H groups in total. The summed E-state index contributed by atoms with van der Waals surface area (Å²) in [4.78, 5) is 12.1. The molecule has 1 saturated heterocycles. The van der Waals surface area contributed by atoms with E-state index in [1.807, 2.05) is 0 Å². The van der Waals surface area contributed by atoms with E-state index in [0.29, 0.717) is 12.0 Å². The van der Waals surface area contributed by atoms with Gasteiger partial charge in [-0.25, -0.2) is 0 Å². The summed E-state index contributed by atoms with van der Waals surface area (Å²) in [5.41, 5.74) is 0.254. The van der Waals surface area contributed by atoms with Crippen molar-refractivity contribution in [2.45, 2.75) is 53.5 Å². The summed E-state index contributed by atoms with van der Waals surface area (Å²) in [5, 5.41) is 6.48. The number of nitrogens with one attached hydrogen (secondary N) is 2. The number of hydrogen-bond donors (Lipinski definition) is 2. The second kappa shape index (κ2) is 5.85. The predicted octanol–water partition coefficient (Wildman–Crippen LogP) is 2.17. The number of carbonyl (C=O) groups excluding carboxylic acids is 1. The fourth-order valence-electron chi connectivity index (χ4n) is 2.09. The largest absolute Gasteiger partial charge is 0.356 e. The van der Waals surface area contributed by atoms with Gasteiger partial charge in [-0.3, -0.25) is 4.79 Å². The maximum atomic E-state index is 12.1. The lowest BCUT2D eigenvalue weighted by molar-refractivity contribution is -0.126. The topological polar surface area (TPSA) is 41.1 Å². The van der Waals surface area contributed by atoms with Crippen molar-refractivity contribution in [2.75, 3.05) is 13.1 Å². The Labute approximate surface area is 106 Å². The number of piperidine rings is 1. The van der Waals surface area contributed by atoms with Crippen LogP contribution in [0.2, 0.25) is 0 Å². The second-order valence-electron chi connectivity index (χ2n) is 6.50. The van der Waals surface area contributed by atoms with Crippen LogP contribution in [0, 0.1) is 17.3 Å². The molecule has 0 aromatic carbocycles. The number of rotatable bonds is 3. The summed E-state index contributed by atoms with van der Waals surface area (Å²) in [6.45, 7) is 12.8. The molecule has 3 heteroatoms. The highest BCUT2D eigenvalue weighted by atomic mass is 16.1. The van der Waals surface area contributed by atoms with Crippen LogP contribution in [0.1, 0.15) is 47.5 Å². The van der Waals surface area contributed by atoms with Crippen molar-refractivity contribution in [1.82, 2.24) is 10.6 Å². The summed E-state index contributed by atoms with van der Waals surface area (Å²) >= 11 is 0. The molecular weight excluding hydrogens is 212 g/mol. The first kappa shape index (κ1) is 14.5. The molecule has 0 aliphatic carbocycles. The van der Waals surface area contributed by atoms with Crippen LogP contribution < -0.4 is 10.6 Å². The lowest BCUT2D eigenvalue weighted by Gasteiger charge is -2.31. The minimum absolute atomic E-state index is 0.149. The van der Waals surface area contributed by atoms with Crippen molar-refractivity contribution in [3.63, 3.8) is 0 Å². The zero-order valence-electron chi connectivity index (χ0n) is 12.0. The molecule has 1 fully saturated rings. The van der Waals surface area contributed by atoms with E-state index < -0.39 is 0 Å². The third-order valence-electron chi connectivity index (χ3n) is 4.16. The summed E-state index contributed by atoms with van der Waals surface area (Å²) < 4.78 is 0. The van der Waals surface area contributed by atoms with E-state index in [9.17, 15) is 4.79 Å². The maximum absolute atomic E-state index is 12.1. The number of carbonyl (C=O) groups is 1. The fraction of sp³-hybridized carbons (Fsp3) is 0.929. The Hall–Kier alpha value is -0.570. The van der Waals surface area contributed by atoms with Crippen LogP contribution in [0.25, 0.3) is 0 Å². The molecule has 17 heavy (non-hydrogen) atoms. The molecule has 3 atom stereocenters. The monoisotopic (exact) mass is 240 g/mol. The van der Waals surface area contributed by atoms with Crippen molar-refractivity contribution < 1.29 is 4.79 Å². The summed E-state index contributed by atoms with van der Waals surface area (Å²) in [6.07, 6.45) is 2.13. The summed E-state index contributed by atoms with van der Waals surface area (Å²) in [5.74, 6) is 0.870. The highest BCUT2D eigenvalue weighted by molar-refractivity contribution is 5.79. The maximum Gasteiger partial charge on any atom is 0.224 e. The Kier molecular flexibility index (Phi) is 4.99. The van der Waals surface area contributed by atoms with Gasteiger partial charge in [0.15, 0.2) is 0 Å². The second-order valence-corrected chi connectivity index (χ2v) is 6.50. The van der Waals surface area contributed by atoms with Gasteiger partial charge in [0.2, 0.25) is 5.91 Å². The fourth-order valence-corrected chi connectivity index (χ4v) is 2.09. The Balaban J connectivity index is 2.39. The van der Waals surface area contributed by atoms with Crippen molar-refractivity contribution >= 4 is 5.91 Å². The zero-order valence-corrected chi connectivity index (χ0v) is 12.0. The Morgan fingerprint density at radius 1 is 1.47 bits per heavy atom. The molecule has 0 aromatic rings. The molecule has 100 valence electrons. The van der Waals surface area contributed by atoms with Crippen LogP contribution in [0.15, 0.2) is 0 Å². The van der Waals surface area contributed by atoms with Crippen molar-refractivity contribution in [3.05, 3.63) is 0 Å². The van der Waals surface area contributed by atoms with Crippen LogP contribution in [0.3, 0.4) is 0 Å². The predicted molar refractivity (Wildman–Crippen MR) is 71.8 cm³/mol. The van der Waals surface area contributed by atoms with Crippen molar-refractivity contribution in [1.29, 1.82) is 0 Å². The molecule has 0 bridgehead atoms. The molecule has 1 rings (SSSR count). The highest BCUT2D eigenvalue weighted by Crippen LogP contribution is 2.24. The quantitative estimate of drug-likeness (QED) is 0.794. The van der Waals surface area contributed by atoms with E-state index >= 15 is 0 Å². The minimum Gasteiger partial charge on any atom is -0.356 e. The van der Waals surface area contributed by atoms with Crippen LogP contribution in [-0.4, -0.2) is 25.0 Å². The molecular formula is C14H28N2O. The zero-order chi connectivity index (χ0) is 13.1. The van der Waals surface area contributed by atoms with Gasteiger partial charge in [0.05, 0.1) is 5.92 Å². The molecule has 3 nitrogen and oxygen atoms in total. The smallest absolute Gasteiger partial charge is 0.224 e. The van der Waals surface area contributed by atoms with Gasteiger partial charge in [-0.2, -0.15) is 0 Å². The summed E-state index contributed by atoms with van der Waals surface area (Å²) in [7, 11) is 0. The Morgan fingerprint density at radius 2 is 2.12 bits per heavy atom. The van der Waals surface area contributed by atoms with E-state index in [0.717, 1.165) is 25.9 Å². The molecule has 1 aliphatic heterocycles. The molecule has 1 aliphatic rings. The first-order chi connectivity index (χ1) is 7.82. The average Bonchev–Trinajstić information content (AvgIpc) is 2.24. The van der Waals surface area contributed by atoms with Crippen LogP contribution >= 0.6 is 0 Å². The minimum atomic E-state index is 0.149. The van der Waals surface area contributed by atoms with Crippen LogP contribution in [-0.2, 0) is 4.79 Å². The molecule has 0 aromatic heterocycles. The van der Waals surface area contributed by atoms with Gasteiger partial charge in [0.1, 0.15) is 0 Å². The van der Waals surface area contributed by atoms with Crippen LogP contribution in [0.4, 0.5) is 0 Å². The molecule has 0 spiro atoms.